The summed E-state index contributed by atoms with van der Waals surface area (Å²) in [6.45, 7) is 5.21. The highest BCUT2D eigenvalue weighted by atomic mass is 79.9. The van der Waals surface area contributed by atoms with E-state index in [-0.39, 0.29) is 0 Å². The molecule has 0 unspecified atom stereocenters. The summed E-state index contributed by atoms with van der Waals surface area (Å²) in [5.41, 5.74) is 2.31. The summed E-state index contributed by atoms with van der Waals surface area (Å²) in [5.74, 6) is 1.82. The Balaban J connectivity index is 2.19. The molecular weight excluding hydrogens is 314 g/mol. The molecule has 1 aromatic heterocycles. The van der Waals surface area contributed by atoms with Crippen molar-refractivity contribution in [1.29, 1.82) is 0 Å². The molecule has 0 saturated carbocycles. The van der Waals surface area contributed by atoms with Crippen LogP contribution in [-0.2, 0) is 12.8 Å². The highest BCUT2D eigenvalue weighted by molar-refractivity contribution is 9.10. The Bertz CT molecular complexity index is 552. The first-order valence-electron chi connectivity index (χ1n) is 7.06. The number of rotatable bonds is 6. The number of benzene rings is 1. The molecule has 0 atom stereocenters. The van der Waals surface area contributed by atoms with Crippen LogP contribution in [-0.4, -0.2) is 16.5 Å². The molecule has 0 aliphatic carbocycles. The summed E-state index contributed by atoms with van der Waals surface area (Å²) in [6, 6.07) is 10.3. The minimum absolute atomic E-state index is 0.766. The van der Waals surface area contributed by atoms with Crippen molar-refractivity contribution in [3.63, 3.8) is 0 Å². The Morgan fingerprint density at radius 3 is 2.50 bits per heavy atom. The van der Waals surface area contributed by atoms with E-state index in [0.29, 0.717) is 0 Å². The second kappa shape index (κ2) is 7.39. The molecule has 1 N–H and O–H groups in total. The quantitative estimate of drug-likeness (QED) is 0.860. The van der Waals surface area contributed by atoms with Crippen LogP contribution in [0.15, 0.2) is 34.8 Å². The molecule has 3 nitrogen and oxygen atoms in total. The van der Waals surface area contributed by atoms with E-state index in [9.17, 15) is 0 Å². The number of anilines is 1. The van der Waals surface area contributed by atoms with Gasteiger partial charge in [0.2, 0.25) is 0 Å². The summed E-state index contributed by atoms with van der Waals surface area (Å²) in [4.78, 5) is 9.22. The molecule has 106 valence electrons. The van der Waals surface area contributed by atoms with Gasteiger partial charge in [0.1, 0.15) is 11.6 Å². The van der Waals surface area contributed by atoms with E-state index in [2.05, 4.69) is 69.3 Å². The smallest absolute Gasteiger partial charge is 0.135 e. The molecule has 0 amide bonds. The maximum absolute atomic E-state index is 4.61. The monoisotopic (exact) mass is 333 g/mol. The third kappa shape index (κ3) is 4.30. The topological polar surface area (TPSA) is 37.8 Å². The molecule has 20 heavy (non-hydrogen) atoms. The lowest BCUT2D eigenvalue weighted by molar-refractivity contribution is 0.892. The zero-order chi connectivity index (χ0) is 14.4. The molecule has 2 rings (SSSR count). The number of aromatic nitrogens is 2. The molecule has 0 spiro atoms. The second-order valence-corrected chi connectivity index (χ2v) is 5.66. The molecule has 0 saturated heterocycles. The highest BCUT2D eigenvalue weighted by Crippen LogP contribution is 2.14. The maximum Gasteiger partial charge on any atom is 0.135 e. The van der Waals surface area contributed by atoms with Gasteiger partial charge < -0.3 is 5.32 Å². The van der Waals surface area contributed by atoms with Gasteiger partial charge in [-0.2, -0.15) is 0 Å². The second-order valence-electron chi connectivity index (χ2n) is 4.74. The Morgan fingerprint density at radius 1 is 1.10 bits per heavy atom. The molecule has 1 aromatic carbocycles. The normalized spacial score (nSPS) is 10.6. The summed E-state index contributed by atoms with van der Waals surface area (Å²) < 4.78 is 1.09. The zero-order valence-electron chi connectivity index (χ0n) is 12.0. The summed E-state index contributed by atoms with van der Waals surface area (Å²) in [7, 11) is 0. The minimum Gasteiger partial charge on any atom is -0.370 e. The number of nitrogens with one attached hydrogen (secondary N) is 1. The van der Waals surface area contributed by atoms with E-state index in [1.54, 1.807) is 0 Å². The van der Waals surface area contributed by atoms with Gasteiger partial charge in [0.05, 0.1) is 0 Å². The SMILES string of the molecule is CCCNc1cc(CC)nc(Cc2ccc(Br)cc2)n1. The van der Waals surface area contributed by atoms with Gasteiger partial charge in [-0.15, -0.1) is 0 Å². The number of hydrogen-bond acceptors (Lipinski definition) is 3. The molecular formula is C16H20BrN3. The molecule has 0 aliphatic rings. The maximum atomic E-state index is 4.61. The van der Waals surface area contributed by atoms with Crippen LogP contribution in [0.2, 0.25) is 0 Å². The Kier molecular flexibility index (Phi) is 5.53. The molecule has 0 radical (unpaired) electrons. The van der Waals surface area contributed by atoms with Crippen LogP contribution in [0.1, 0.15) is 37.4 Å². The van der Waals surface area contributed by atoms with Gasteiger partial charge in [-0.1, -0.05) is 41.9 Å². The number of nitrogens with zero attached hydrogens (tertiary/aromatic N) is 2. The van der Waals surface area contributed by atoms with E-state index < -0.39 is 0 Å². The van der Waals surface area contributed by atoms with Crippen molar-refractivity contribution in [2.24, 2.45) is 0 Å². The van der Waals surface area contributed by atoms with Gasteiger partial charge in [0.25, 0.3) is 0 Å². The molecule has 1 heterocycles. The Labute approximate surface area is 129 Å². The van der Waals surface area contributed by atoms with Crippen LogP contribution in [0, 0.1) is 0 Å². The van der Waals surface area contributed by atoms with Gasteiger partial charge in [0.15, 0.2) is 0 Å². The van der Waals surface area contributed by atoms with E-state index in [1.807, 2.05) is 6.07 Å². The van der Waals surface area contributed by atoms with Crippen molar-refractivity contribution in [3.8, 4) is 0 Å². The fraction of sp³-hybridized carbons (Fsp3) is 0.375. The lowest BCUT2D eigenvalue weighted by atomic mass is 10.1. The number of aryl methyl sites for hydroxylation is 1. The first-order valence-corrected chi connectivity index (χ1v) is 7.85. The summed E-state index contributed by atoms with van der Waals surface area (Å²) in [5, 5.41) is 3.35. The zero-order valence-corrected chi connectivity index (χ0v) is 13.6. The average Bonchev–Trinajstić information content (AvgIpc) is 2.47. The standard InChI is InChI=1S/C16H20BrN3/c1-3-9-18-15-11-14(4-2)19-16(20-15)10-12-5-7-13(17)8-6-12/h5-8,11H,3-4,9-10H2,1-2H3,(H,18,19,20). The molecule has 0 aliphatic heterocycles. The molecule has 0 fully saturated rings. The predicted octanol–water partition coefficient (Wildman–Crippen LogP) is 4.21. The predicted molar refractivity (Wildman–Crippen MR) is 87.1 cm³/mol. The Hall–Kier alpha value is -1.42. The van der Waals surface area contributed by atoms with Crippen molar-refractivity contribution in [3.05, 3.63) is 51.9 Å². The molecule has 0 bridgehead atoms. The van der Waals surface area contributed by atoms with Crippen LogP contribution in [0.5, 0.6) is 0 Å². The van der Waals surface area contributed by atoms with Gasteiger partial charge in [-0.05, 0) is 30.5 Å². The van der Waals surface area contributed by atoms with Crippen LogP contribution in [0.3, 0.4) is 0 Å². The van der Waals surface area contributed by atoms with Crippen molar-refractivity contribution >= 4 is 21.7 Å². The van der Waals surface area contributed by atoms with E-state index in [1.165, 1.54) is 5.56 Å². The minimum atomic E-state index is 0.766. The fourth-order valence-corrected chi connectivity index (χ4v) is 2.21. The highest BCUT2D eigenvalue weighted by Gasteiger charge is 2.05. The number of hydrogen-bond donors (Lipinski definition) is 1. The Morgan fingerprint density at radius 2 is 1.85 bits per heavy atom. The molecule has 2 aromatic rings. The lowest BCUT2D eigenvalue weighted by Crippen LogP contribution is -2.07. The van der Waals surface area contributed by atoms with E-state index >= 15 is 0 Å². The third-order valence-electron chi connectivity index (χ3n) is 3.02. The van der Waals surface area contributed by atoms with Gasteiger partial charge in [-0.25, -0.2) is 9.97 Å². The van der Waals surface area contributed by atoms with Gasteiger partial charge in [-0.3, -0.25) is 0 Å². The van der Waals surface area contributed by atoms with Crippen molar-refractivity contribution in [2.75, 3.05) is 11.9 Å². The van der Waals surface area contributed by atoms with Crippen molar-refractivity contribution in [2.45, 2.75) is 33.1 Å². The van der Waals surface area contributed by atoms with E-state index in [0.717, 1.165) is 47.6 Å². The van der Waals surface area contributed by atoms with Gasteiger partial charge >= 0.3 is 0 Å². The van der Waals surface area contributed by atoms with Crippen LogP contribution in [0.4, 0.5) is 5.82 Å². The van der Waals surface area contributed by atoms with E-state index in [4.69, 9.17) is 0 Å². The summed E-state index contributed by atoms with van der Waals surface area (Å²) >= 11 is 3.45. The fourth-order valence-electron chi connectivity index (χ4n) is 1.94. The van der Waals surface area contributed by atoms with Crippen molar-refractivity contribution < 1.29 is 0 Å². The first-order chi connectivity index (χ1) is 9.71. The third-order valence-corrected chi connectivity index (χ3v) is 3.55. The van der Waals surface area contributed by atoms with Crippen LogP contribution in [0.25, 0.3) is 0 Å². The number of halogens is 1. The largest absolute Gasteiger partial charge is 0.370 e. The van der Waals surface area contributed by atoms with Crippen LogP contribution >= 0.6 is 15.9 Å². The lowest BCUT2D eigenvalue weighted by Gasteiger charge is -2.09. The average molecular weight is 334 g/mol. The summed E-state index contributed by atoms with van der Waals surface area (Å²) in [6.07, 6.45) is 2.78. The molecule has 4 heteroatoms. The van der Waals surface area contributed by atoms with Gasteiger partial charge in [0, 0.05) is 29.2 Å². The van der Waals surface area contributed by atoms with Crippen molar-refractivity contribution in [1.82, 2.24) is 9.97 Å². The first kappa shape index (κ1) is 15.0. The van der Waals surface area contributed by atoms with Crippen LogP contribution < -0.4 is 5.32 Å².